The summed E-state index contributed by atoms with van der Waals surface area (Å²) in [7, 11) is 0. The minimum atomic E-state index is 0.825. The van der Waals surface area contributed by atoms with Crippen LogP contribution in [-0.2, 0) is 0 Å². The highest BCUT2D eigenvalue weighted by atomic mass is 79.9. The highest BCUT2D eigenvalue weighted by molar-refractivity contribution is 9.09. The predicted molar refractivity (Wildman–Crippen MR) is 69.3 cm³/mol. The molecule has 2 aliphatic rings. The summed E-state index contributed by atoms with van der Waals surface area (Å²) >= 11 is 7.48. The molecule has 0 nitrogen and oxygen atoms in total. The summed E-state index contributed by atoms with van der Waals surface area (Å²) in [6.45, 7) is 0. The second-order valence-corrected chi connectivity index (χ2v) is 7.61. The van der Waals surface area contributed by atoms with Gasteiger partial charge in [0.25, 0.3) is 0 Å². The summed E-state index contributed by atoms with van der Waals surface area (Å²) in [5.74, 6) is 2.12. The molecule has 2 saturated carbocycles. The Labute approximate surface area is 104 Å². The van der Waals surface area contributed by atoms with Gasteiger partial charge in [0, 0.05) is 9.65 Å². The van der Waals surface area contributed by atoms with Crippen molar-refractivity contribution >= 4 is 31.9 Å². The van der Waals surface area contributed by atoms with E-state index in [-0.39, 0.29) is 0 Å². The third-order valence-corrected chi connectivity index (χ3v) is 5.90. The lowest BCUT2D eigenvalue weighted by Gasteiger charge is -2.35. The van der Waals surface area contributed by atoms with E-state index in [1.54, 1.807) is 0 Å². The van der Waals surface area contributed by atoms with E-state index >= 15 is 0 Å². The van der Waals surface area contributed by atoms with Gasteiger partial charge in [0.2, 0.25) is 0 Å². The molecule has 0 amide bonds. The van der Waals surface area contributed by atoms with E-state index in [4.69, 9.17) is 0 Å². The zero-order valence-corrected chi connectivity index (χ0v) is 11.9. The van der Waals surface area contributed by atoms with Crippen molar-refractivity contribution in [1.29, 1.82) is 0 Å². The molecule has 2 fully saturated rings. The highest BCUT2D eigenvalue weighted by Crippen LogP contribution is 2.40. The summed E-state index contributed by atoms with van der Waals surface area (Å²) in [4.78, 5) is 1.65. The molecule has 0 radical (unpaired) electrons. The lowest BCUT2D eigenvalue weighted by Crippen LogP contribution is -2.25. The van der Waals surface area contributed by atoms with E-state index < -0.39 is 0 Å². The van der Waals surface area contributed by atoms with Gasteiger partial charge in [0.05, 0.1) is 0 Å². The van der Waals surface area contributed by atoms with Gasteiger partial charge in [-0.05, 0) is 63.2 Å². The Balaban J connectivity index is 1.78. The zero-order chi connectivity index (χ0) is 9.97. The van der Waals surface area contributed by atoms with Gasteiger partial charge in [0.1, 0.15) is 0 Å². The third-order valence-electron chi connectivity index (χ3n) is 4.07. The maximum absolute atomic E-state index is 3.74. The fourth-order valence-corrected chi connectivity index (χ4v) is 4.16. The molecule has 0 heterocycles. The van der Waals surface area contributed by atoms with Crippen LogP contribution in [-0.4, -0.2) is 9.65 Å². The maximum atomic E-state index is 3.74. The highest BCUT2D eigenvalue weighted by Gasteiger charge is 2.29. The van der Waals surface area contributed by atoms with Crippen molar-refractivity contribution < 1.29 is 0 Å². The number of rotatable bonds is 1. The van der Waals surface area contributed by atoms with Crippen LogP contribution in [0, 0.1) is 11.8 Å². The molecule has 2 heteroatoms. The van der Waals surface area contributed by atoms with Gasteiger partial charge in [-0.1, -0.05) is 31.9 Å². The SMILES string of the molecule is BrC1CCC(C2CCC(Br)CC2)CC1. The van der Waals surface area contributed by atoms with Crippen molar-refractivity contribution in [3.8, 4) is 0 Å². The fraction of sp³-hybridized carbons (Fsp3) is 1.00. The zero-order valence-electron chi connectivity index (χ0n) is 8.72. The van der Waals surface area contributed by atoms with Crippen molar-refractivity contribution in [2.45, 2.75) is 61.0 Å². The van der Waals surface area contributed by atoms with Gasteiger partial charge in [-0.15, -0.1) is 0 Å². The van der Waals surface area contributed by atoms with E-state index in [0.29, 0.717) is 0 Å². The Hall–Kier alpha value is 0.960. The van der Waals surface area contributed by atoms with Crippen LogP contribution >= 0.6 is 31.9 Å². The van der Waals surface area contributed by atoms with E-state index in [0.717, 1.165) is 21.5 Å². The molecular formula is C12H20Br2. The molecule has 2 aliphatic carbocycles. The molecule has 0 N–H and O–H groups in total. The van der Waals surface area contributed by atoms with Gasteiger partial charge in [-0.25, -0.2) is 0 Å². The smallest absolute Gasteiger partial charge is 0.0146 e. The van der Waals surface area contributed by atoms with Gasteiger partial charge in [0.15, 0.2) is 0 Å². The second kappa shape index (κ2) is 5.34. The molecule has 0 saturated heterocycles. The Bertz CT molecular complexity index is 145. The molecule has 0 aliphatic heterocycles. The Morgan fingerprint density at radius 3 is 1.07 bits per heavy atom. The standard InChI is InChI=1S/C12H20Br2/c13-11-5-1-9(2-6-11)10-3-7-12(14)8-4-10/h9-12H,1-8H2. The van der Waals surface area contributed by atoms with Gasteiger partial charge >= 0.3 is 0 Å². The van der Waals surface area contributed by atoms with Crippen LogP contribution in [0.5, 0.6) is 0 Å². The lowest BCUT2D eigenvalue weighted by molar-refractivity contribution is 0.202. The van der Waals surface area contributed by atoms with Crippen LogP contribution < -0.4 is 0 Å². The normalized spacial score (nSPS) is 45.0. The third kappa shape index (κ3) is 2.98. The van der Waals surface area contributed by atoms with Gasteiger partial charge < -0.3 is 0 Å². The maximum Gasteiger partial charge on any atom is 0.0146 e. The summed E-state index contributed by atoms with van der Waals surface area (Å²) in [5.41, 5.74) is 0. The lowest BCUT2D eigenvalue weighted by atomic mass is 9.73. The molecular weight excluding hydrogens is 304 g/mol. The van der Waals surface area contributed by atoms with Gasteiger partial charge in [-0.3, -0.25) is 0 Å². The van der Waals surface area contributed by atoms with Crippen LogP contribution in [0.2, 0.25) is 0 Å². The Morgan fingerprint density at radius 1 is 0.500 bits per heavy atom. The first-order valence-corrected chi connectivity index (χ1v) is 7.87. The van der Waals surface area contributed by atoms with Crippen molar-refractivity contribution in [3.63, 3.8) is 0 Å². The first-order chi connectivity index (χ1) is 6.75. The number of halogens is 2. The number of alkyl halides is 2. The van der Waals surface area contributed by atoms with Gasteiger partial charge in [-0.2, -0.15) is 0 Å². The summed E-state index contributed by atoms with van der Waals surface area (Å²) in [6, 6.07) is 0. The summed E-state index contributed by atoms with van der Waals surface area (Å²) in [6.07, 6.45) is 11.6. The minimum absolute atomic E-state index is 0.825. The van der Waals surface area contributed by atoms with Crippen LogP contribution in [0.25, 0.3) is 0 Å². The topological polar surface area (TPSA) is 0 Å². The number of hydrogen-bond acceptors (Lipinski definition) is 0. The summed E-state index contributed by atoms with van der Waals surface area (Å²) in [5, 5.41) is 0. The average molecular weight is 324 g/mol. The van der Waals surface area contributed by atoms with Crippen LogP contribution in [0.15, 0.2) is 0 Å². The van der Waals surface area contributed by atoms with E-state index in [1.165, 1.54) is 51.4 Å². The molecule has 0 bridgehead atoms. The largest absolute Gasteiger partial charge is 0.0891 e. The molecule has 14 heavy (non-hydrogen) atoms. The molecule has 0 atom stereocenters. The van der Waals surface area contributed by atoms with Crippen LogP contribution in [0.1, 0.15) is 51.4 Å². The monoisotopic (exact) mass is 322 g/mol. The van der Waals surface area contributed by atoms with Crippen LogP contribution in [0.3, 0.4) is 0 Å². The molecule has 2 rings (SSSR count). The van der Waals surface area contributed by atoms with Crippen molar-refractivity contribution in [3.05, 3.63) is 0 Å². The van der Waals surface area contributed by atoms with Crippen molar-refractivity contribution in [1.82, 2.24) is 0 Å². The predicted octanol–water partition coefficient (Wildman–Crippen LogP) is 4.89. The number of hydrogen-bond donors (Lipinski definition) is 0. The van der Waals surface area contributed by atoms with Crippen LogP contribution in [0.4, 0.5) is 0 Å². The van der Waals surface area contributed by atoms with E-state index in [2.05, 4.69) is 31.9 Å². The quantitative estimate of drug-likeness (QED) is 0.602. The molecule has 0 aromatic heterocycles. The molecule has 0 aromatic rings. The minimum Gasteiger partial charge on any atom is -0.0891 e. The van der Waals surface area contributed by atoms with Crippen molar-refractivity contribution in [2.75, 3.05) is 0 Å². The van der Waals surface area contributed by atoms with E-state index in [9.17, 15) is 0 Å². The Kier molecular flexibility index (Phi) is 4.36. The Morgan fingerprint density at radius 2 is 0.786 bits per heavy atom. The first kappa shape index (κ1) is 11.4. The fourth-order valence-electron chi connectivity index (χ4n) is 3.10. The molecule has 0 aromatic carbocycles. The molecule has 0 unspecified atom stereocenters. The molecule has 82 valence electrons. The first-order valence-electron chi connectivity index (χ1n) is 6.04. The van der Waals surface area contributed by atoms with Crippen molar-refractivity contribution in [2.24, 2.45) is 11.8 Å². The molecule has 0 spiro atoms. The van der Waals surface area contributed by atoms with E-state index in [1.807, 2.05) is 0 Å². The average Bonchev–Trinajstić information content (AvgIpc) is 2.21. The second-order valence-electron chi connectivity index (χ2n) is 5.02. The summed E-state index contributed by atoms with van der Waals surface area (Å²) < 4.78 is 0.